The van der Waals surface area contributed by atoms with E-state index < -0.39 is 0 Å². The van der Waals surface area contributed by atoms with Crippen molar-refractivity contribution in [3.05, 3.63) is 71.4 Å². The number of hydrogen-bond donors (Lipinski definition) is 1. The van der Waals surface area contributed by atoms with Crippen molar-refractivity contribution in [3.63, 3.8) is 0 Å². The molecule has 0 spiro atoms. The van der Waals surface area contributed by atoms with E-state index in [1.54, 1.807) is 0 Å². The van der Waals surface area contributed by atoms with Gasteiger partial charge in [0.1, 0.15) is 0 Å². The van der Waals surface area contributed by atoms with E-state index in [1.165, 1.54) is 22.1 Å². The molecule has 0 aliphatic heterocycles. The number of benzene rings is 2. The summed E-state index contributed by atoms with van der Waals surface area (Å²) >= 11 is 0. The van der Waals surface area contributed by atoms with Crippen LogP contribution in [0.15, 0.2) is 54.7 Å². The minimum absolute atomic E-state index is 0.204. The normalized spacial score (nSPS) is 10.9. The number of aryl methyl sites for hydroxylation is 2. The van der Waals surface area contributed by atoms with Gasteiger partial charge in [0, 0.05) is 37.1 Å². The molecule has 2 aromatic carbocycles. The van der Waals surface area contributed by atoms with Crippen molar-refractivity contribution >= 4 is 16.8 Å². The van der Waals surface area contributed by atoms with Crippen molar-refractivity contribution in [2.75, 3.05) is 7.05 Å². The fourth-order valence-electron chi connectivity index (χ4n) is 3.01. The third kappa shape index (κ3) is 3.85. The minimum Gasteiger partial charge on any atom is -0.361 e. The Morgan fingerprint density at radius 3 is 2.62 bits per heavy atom. The fourth-order valence-corrected chi connectivity index (χ4v) is 3.01. The Morgan fingerprint density at radius 2 is 1.83 bits per heavy atom. The Balaban J connectivity index is 1.50. The van der Waals surface area contributed by atoms with Crippen LogP contribution in [0.5, 0.6) is 0 Å². The number of para-hydroxylation sites is 1. The number of fused-ring (bicyclic) bond motifs is 1. The van der Waals surface area contributed by atoms with Crippen LogP contribution in [0.1, 0.15) is 29.5 Å². The van der Waals surface area contributed by atoms with Gasteiger partial charge in [-0.15, -0.1) is 0 Å². The molecule has 24 heavy (non-hydrogen) atoms. The van der Waals surface area contributed by atoms with Crippen molar-refractivity contribution < 1.29 is 4.79 Å². The smallest absolute Gasteiger partial charge is 0.222 e. The molecule has 1 aromatic heterocycles. The summed E-state index contributed by atoms with van der Waals surface area (Å²) in [7, 11) is 1.88. The molecular formula is C21H24N2O. The van der Waals surface area contributed by atoms with E-state index in [-0.39, 0.29) is 5.91 Å². The summed E-state index contributed by atoms with van der Waals surface area (Å²) in [4.78, 5) is 17.4. The Hall–Kier alpha value is -2.55. The molecule has 0 fully saturated rings. The Kier molecular flexibility index (Phi) is 4.99. The van der Waals surface area contributed by atoms with Gasteiger partial charge in [-0.3, -0.25) is 4.79 Å². The van der Waals surface area contributed by atoms with Crippen molar-refractivity contribution in [3.8, 4) is 0 Å². The van der Waals surface area contributed by atoms with Crippen LogP contribution in [-0.2, 0) is 17.8 Å². The average Bonchev–Trinajstić information content (AvgIpc) is 3.00. The van der Waals surface area contributed by atoms with Gasteiger partial charge in [0.15, 0.2) is 0 Å². The maximum Gasteiger partial charge on any atom is 0.222 e. The molecule has 3 nitrogen and oxygen atoms in total. The van der Waals surface area contributed by atoms with Crippen LogP contribution >= 0.6 is 0 Å². The quantitative estimate of drug-likeness (QED) is 0.715. The molecule has 0 aliphatic rings. The molecule has 124 valence electrons. The number of H-pyrrole nitrogens is 1. The number of carbonyl (C=O) groups excluding carboxylic acids is 1. The highest BCUT2D eigenvalue weighted by molar-refractivity contribution is 5.83. The Bertz CT molecular complexity index is 817. The van der Waals surface area contributed by atoms with Gasteiger partial charge in [-0.1, -0.05) is 48.0 Å². The number of nitrogens with one attached hydrogen (secondary N) is 1. The van der Waals surface area contributed by atoms with Crippen LogP contribution < -0.4 is 0 Å². The lowest BCUT2D eigenvalue weighted by atomic mass is 10.1. The molecule has 0 unspecified atom stereocenters. The molecule has 0 bridgehead atoms. The van der Waals surface area contributed by atoms with Gasteiger partial charge in [0.25, 0.3) is 0 Å². The topological polar surface area (TPSA) is 36.1 Å². The predicted octanol–water partition coefficient (Wildman–Crippen LogP) is 4.46. The average molecular weight is 320 g/mol. The molecule has 0 radical (unpaired) electrons. The second-order valence-corrected chi connectivity index (χ2v) is 6.45. The lowest BCUT2D eigenvalue weighted by molar-refractivity contribution is -0.130. The molecule has 1 N–H and O–H groups in total. The first-order chi connectivity index (χ1) is 11.6. The van der Waals surface area contributed by atoms with Crippen LogP contribution in [-0.4, -0.2) is 22.8 Å². The van der Waals surface area contributed by atoms with Crippen molar-refractivity contribution in [2.45, 2.75) is 32.7 Å². The zero-order valence-corrected chi connectivity index (χ0v) is 14.4. The van der Waals surface area contributed by atoms with E-state index >= 15 is 0 Å². The second-order valence-electron chi connectivity index (χ2n) is 6.45. The second kappa shape index (κ2) is 7.35. The van der Waals surface area contributed by atoms with Gasteiger partial charge in [-0.25, -0.2) is 0 Å². The van der Waals surface area contributed by atoms with Gasteiger partial charge >= 0.3 is 0 Å². The van der Waals surface area contributed by atoms with Crippen LogP contribution in [0.4, 0.5) is 0 Å². The molecule has 3 heteroatoms. The van der Waals surface area contributed by atoms with Crippen LogP contribution in [0.3, 0.4) is 0 Å². The molecule has 3 rings (SSSR count). The van der Waals surface area contributed by atoms with Gasteiger partial charge < -0.3 is 9.88 Å². The summed E-state index contributed by atoms with van der Waals surface area (Å²) < 4.78 is 0. The van der Waals surface area contributed by atoms with E-state index in [4.69, 9.17) is 0 Å². The SMILES string of the molecule is Cc1ccc(CN(C)C(=O)CCCc2c[nH]c3ccccc23)cc1. The predicted molar refractivity (Wildman–Crippen MR) is 98.9 cm³/mol. The van der Waals surface area contributed by atoms with E-state index in [0.717, 1.165) is 18.4 Å². The first-order valence-corrected chi connectivity index (χ1v) is 8.48. The standard InChI is InChI=1S/C21H24N2O/c1-16-10-12-17(13-11-16)15-23(2)21(24)9-5-6-18-14-22-20-8-4-3-7-19(18)20/h3-4,7-8,10-14,22H,5-6,9,15H2,1-2H3. The molecule has 0 saturated carbocycles. The van der Waals surface area contributed by atoms with Crippen molar-refractivity contribution in [1.29, 1.82) is 0 Å². The number of hydrogen-bond acceptors (Lipinski definition) is 1. The number of amides is 1. The Labute approximate surface area is 143 Å². The molecule has 1 amide bonds. The first kappa shape index (κ1) is 16.3. The fraction of sp³-hybridized carbons (Fsp3) is 0.286. The van der Waals surface area contributed by atoms with Crippen molar-refractivity contribution in [1.82, 2.24) is 9.88 Å². The molecule has 0 atom stereocenters. The summed E-state index contributed by atoms with van der Waals surface area (Å²) in [5.74, 6) is 0.204. The first-order valence-electron chi connectivity index (χ1n) is 8.48. The van der Waals surface area contributed by atoms with Gasteiger partial charge in [-0.05, 0) is 37.0 Å². The molecular weight excluding hydrogens is 296 g/mol. The highest BCUT2D eigenvalue weighted by atomic mass is 16.2. The summed E-state index contributed by atoms with van der Waals surface area (Å²) in [6.45, 7) is 2.75. The number of aromatic amines is 1. The monoisotopic (exact) mass is 320 g/mol. The Morgan fingerprint density at radius 1 is 1.08 bits per heavy atom. The maximum atomic E-state index is 12.3. The number of aromatic nitrogens is 1. The van der Waals surface area contributed by atoms with E-state index in [9.17, 15) is 4.79 Å². The molecule has 1 heterocycles. The van der Waals surface area contributed by atoms with Crippen LogP contribution in [0, 0.1) is 6.92 Å². The molecule has 3 aromatic rings. The summed E-state index contributed by atoms with van der Waals surface area (Å²) in [5.41, 5.74) is 4.87. The van der Waals surface area contributed by atoms with Gasteiger partial charge in [-0.2, -0.15) is 0 Å². The number of nitrogens with zero attached hydrogens (tertiary/aromatic N) is 1. The highest BCUT2D eigenvalue weighted by Gasteiger charge is 2.10. The summed E-state index contributed by atoms with van der Waals surface area (Å²) in [6, 6.07) is 16.7. The zero-order chi connectivity index (χ0) is 16.9. The van der Waals surface area contributed by atoms with Crippen LogP contribution in [0.2, 0.25) is 0 Å². The van der Waals surface area contributed by atoms with E-state index in [1.807, 2.05) is 18.0 Å². The van der Waals surface area contributed by atoms with E-state index in [0.29, 0.717) is 13.0 Å². The van der Waals surface area contributed by atoms with E-state index in [2.05, 4.69) is 60.6 Å². The van der Waals surface area contributed by atoms with Crippen molar-refractivity contribution in [2.24, 2.45) is 0 Å². The van der Waals surface area contributed by atoms with Gasteiger partial charge in [0.2, 0.25) is 5.91 Å². The van der Waals surface area contributed by atoms with Gasteiger partial charge in [0.05, 0.1) is 0 Å². The largest absolute Gasteiger partial charge is 0.361 e. The molecule has 0 saturated heterocycles. The lowest BCUT2D eigenvalue weighted by Gasteiger charge is -2.17. The third-order valence-electron chi connectivity index (χ3n) is 4.48. The number of rotatable bonds is 6. The lowest BCUT2D eigenvalue weighted by Crippen LogP contribution is -2.25. The third-order valence-corrected chi connectivity index (χ3v) is 4.48. The highest BCUT2D eigenvalue weighted by Crippen LogP contribution is 2.19. The molecule has 0 aliphatic carbocycles. The number of carbonyl (C=O) groups is 1. The van der Waals surface area contributed by atoms with Crippen LogP contribution in [0.25, 0.3) is 10.9 Å². The minimum atomic E-state index is 0.204. The zero-order valence-electron chi connectivity index (χ0n) is 14.4. The summed E-state index contributed by atoms with van der Waals surface area (Å²) in [6.07, 6.45) is 4.44. The summed E-state index contributed by atoms with van der Waals surface area (Å²) in [5, 5.41) is 1.26. The maximum absolute atomic E-state index is 12.3.